The van der Waals surface area contributed by atoms with E-state index in [9.17, 15) is 0 Å². The molecule has 0 spiro atoms. The highest BCUT2D eigenvalue weighted by atomic mass is 79.9. The number of halogens is 1. The fourth-order valence-electron chi connectivity index (χ4n) is 2.09. The normalized spacial score (nSPS) is 21.2. The van der Waals surface area contributed by atoms with Gasteiger partial charge >= 0.3 is 0 Å². The SMILES string of the molecule is CN1CCN(C(CN)c2ccc(Br)s2)CC1. The molecule has 5 heteroatoms. The molecule has 1 saturated heterocycles. The molecule has 1 aromatic rings. The summed E-state index contributed by atoms with van der Waals surface area (Å²) in [4.78, 5) is 6.24. The molecule has 0 aromatic carbocycles. The second kappa shape index (κ2) is 5.60. The van der Waals surface area contributed by atoms with Gasteiger partial charge < -0.3 is 10.6 Å². The van der Waals surface area contributed by atoms with Gasteiger partial charge in [0, 0.05) is 37.6 Å². The van der Waals surface area contributed by atoms with Gasteiger partial charge in [0.25, 0.3) is 0 Å². The summed E-state index contributed by atoms with van der Waals surface area (Å²) in [5.41, 5.74) is 5.92. The third kappa shape index (κ3) is 2.84. The number of nitrogens with zero attached hydrogens (tertiary/aromatic N) is 2. The highest BCUT2D eigenvalue weighted by Crippen LogP contribution is 2.30. The van der Waals surface area contributed by atoms with Crippen LogP contribution in [0.2, 0.25) is 0 Å². The topological polar surface area (TPSA) is 32.5 Å². The van der Waals surface area contributed by atoms with E-state index >= 15 is 0 Å². The number of hydrogen-bond acceptors (Lipinski definition) is 4. The lowest BCUT2D eigenvalue weighted by atomic mass is 10.2. The Bertz CT molecular complexity index is 334. The molecule has 2 heterocycles. The van der Waals surface area contributed by atoms with Crippen molar-refractivity contribution in [3.8, 4) is 0 Å². The summed E-state index contributed by atoms with van der Waals surface area (Å²) in [6.07, 6.45) is 0. The molecule has 1 aliphatic rings. The lowest BCUT2D eigenvalue weighted by molar-refractivity contribution is 0.116. The van der Waals surface area contributed by atoms with Gasteiger partial charge in [-0.3, -0.25) is 4.90 Å². The highest BCUT2D eigenvalue weighted by molar-refractivity contribution is 9.11. The van der Waals surface area contributed by atoms with E-state index in [1.807, 2.05) is 0 Å². The van der Waals surface area contributed by atoms with Crippen LogP contribution >= 0.6 is 27.3 Å². The molecule has 1 unspecified atom stereocenters. The van der Waals surface area contributed by atoms with Crippen LogP contribution in [0, 0.1) is 0 Å². The van der Waals surface area contributed by atoms with E-state index in [1.165, 1.54) is 8.66 Å². The molecule has 1 aromatic heterocycles. The summed E-state index contributed by atoms with van der Waals surface area (Å²) >= 11 is 5.31. The Kier molecular flexibility index (Phi) is 4.38. The van der Waals surface area contributed by atoms with E-state index in [0.717, 1.165) is 26.2 Å². The Balaban J connectivity index is 2.05. The standard InChI is InChI=1S/C11H18BrN3S/c1-14-4-6-15(7-5-14)9(8-13)10-2-3-11(12)16-10/h2-3,9H,4-8,13H2,1H3. The molecule has 1 atom stereocenters. The van der Waals surface area contributed by atoms with Crippen LogP contribution in [0.25, 0.3) is 0 Å². The Morgan fingerprint density at radius 2 is 2.06 bits per heavy atom. The largest absolute Gasteiger partial charge is 0.329 e. The van der Waals surface area contributed by atoms with E-state index in [0.29, 0.717) is 12.6 Å². The molecule has 90 valence electrons. The van der Waals surface area contributed by atoms with Crippen molar-refractivity contribution in [1.82, 2.24) is 9.80 Å². The minimum Gasteiger partial charge on any atom is -0.329 e. The maximum absolute atomic E-state index is 5.92. The summed E-state index contributed by atoms with van der Waals surface area (Å²) < 4.78 is 1.19. The smallest absolute Gasteiger partial charge is 0.0702 e. The third-order valence-electron chi connectivity index (χ3n) is 3.12. The van der Waals surface area contributed by atoms with Crippen molar-refractivity contribution in [2.45, 2.75) is 6.04 Å². The third-order valence-corrected chi connectivity index (χ3v) is 4.85. The Labute approximate surface area is 109 Å². The van der Waals surface area contributed by atoms with Gasteiger partial charge in [-0.25, -0.2) is 0 Å². The van der Waals surface area contributed by atoms with Crippen LogP contribution in [0.4, 0.5) is 0 Å². The van der Waals surface area contributed by atoms with Crippen molar-refractivity contribution in [3.05, 3.63) is 20.8 Å². The molecule has 0 amide bonds. The fourth-order valence-corrected chi connectivity index (χ4v) is 3.66. The van der Waals surface area contributed by atoms with Gasteiger partial charge in [-0.05, 0) is 35.1 Å². The first kappa shape index (κ1) is 12.5. The average molecular weight is 304 g/mol. The van der Waals surface area contributed by atoms with Gasteiger partial charge in [0.1, 0.15) is 0 Å². The first-order valence-corrected chi connectivity index (χ1v) is 7.19. The predicted octanol–water partition coefficient (Wildman–Crippen LogP) is 1.76. The van der Waals surface area contributed by atoms with E-state index < -0.39 is 0 Å². The van der Waals surface area contributed by atoms with Crippen LogP contribution in [-0.2, 0) is 0 Å². The number of likely N-dealkylation sites (N-methyl/N-ethyl adjacent to an activating group) is 1. The Morgan fingerprint density at radius 1 is 1.38 bits per heavy atom. The van der Waals surface area contributed by atoms with Gasteiger partial charge in [0.05, 0.1) is 9.83 Å². The van der Waals surface area contributed by atoms with E-state index in [1.54, 1.807) is 11.3 Å². The summed E-state index contributed by atoms with van der Waals surface area (Å²) in [5, 5.41) is 0. The van der Waals surface area contributed by atoms with Gasteiger partial charge in [0.15, 0.2) is 0 Å². The van der Waals surface area contributed by atoms with Crippen LogP contribution in [0.15, 0.2) is 15.9 Å². The van der Waals surface area contributed by atoms with Gasteiger partial charge in [-0.2, -0.15) is 0 Å². The summed E-state index contributed by atoms with van der Waals surface area (Å²) in [6, 6.07) is 4.69. The van der Waals surface area contributed by atoms with Crippen molar-refractivity contribution in [2.75, 3.05) is 39.8 Å². The van der Waals surface area contributed by atoms with Gasteiger partial charge in [-0.15, -0.1) is 11.3 Å². The van der Waals surface area contributed by atoms with Crippen molar-refractivity contribution in [2.24, 2.45) is 5.73 Å². The second-order valence-electron chi connectivity index (χ2n) is 4.23. The quantitative estimate of drug-likeness (QED) is 0.923. The zero-order chi connectivity index (χ0) is 11.5. The van der Waals surface area contributed by atoms with Crippen molar-refractivity contribution >= 4 is 27.3 Å². The van der Waals surface area contributed by atoms with Gasteiger partial charge in [0.2, 0.25) is 0 Å². The first-order valence-electron chi connectivity index (χ1n) is 5.58. The molecule has 0 aliphatic carbocycles. The molecule has 0 bridgehead atoms. The first-order chi connectivity index (χ1) is 7.70. The van der Waals surface area contributed by atoms with Crippen LogP contribution < -0.4 is 5.73 Å². The summed E-state index contributed by atoms with van der Waals surface area (Å²) in [6.45, 7) is 5.23. The number of rotatable bonds is 3. The molecule has 2 rings (SSSR count). The van der Waals surface area contributed by atoms with Crippen LogP contribution in [-0.4, -0.2) is 49.6 Å². The maximum atomic E-state index is 5.92. The minimum atomic E-state index is 0.394. The summed E-state index contributed by atoms with van der Waals surface area (Å²) in [5.74, 6) is 0. The number of thiophene rings is 1. The van der Waals surface area contributed by atoms with E-state index in [2.05, 4.69) is 44.9 Å². The second-order valence-corrected chi connectivity index (χ2v) is 6.73. The van der Waals surface area contributed by atoms with Crippen molar-refractivity contribution in [1.29, 1.82) is 0 Å². The molecule has 1 aliphatic heterocycles. The lowest BCUT2D eigenvalue weighted by Gasteiger charge is -2.37. The number of nitrogens with two attached hydrogens (primary N) is 1. The zero-order valence-electron chi connectivity index (χ0n) is 9.53. The van der Waals surface area contributed by atoms with Crippen LogP contribution in [0.5, 0.6) is 0 Å². The Hall–Kier alpha value is 0.0600. The lowest BCUT2D eigenvalue weighted by Crippen LogP contribution is -2.47. The summed E-state index contributed by atoms with van der Waals surface area (Å²) in [7, 11) is 2.18. The number of piperazine rings is 1. The predicted molar refractivity (Wildman–Crippen MR) is 72.9 cm³/mol. The molecule has 0 saturated carbocycles. The monoisotopic (exact) mass is 303 g/mol. The Morgan fingerprint density at radius 3 is 2.56 bits per heavy atom. The average Bonchev–Trinajstić information content (AvgIpc) is 2.69. The van der Waals surface area contributed by atoms with E-state index in [4.69, 9.17) is 5.73 Å². The van der Waals surface area contributed by atoms with E-state index in [-0.39, 0.29) is 0 Å². The molecule has 16 heavy (non-hydrogen) atoms. The molecular weight excluding hydrogens is 286 g/mol. The molecular formula is C11H18BrN3S. The van der Waals surface area contributed by atoms with Crippen LogP contribution in [0.1, 0.15) is 10.9 Å². The van der Waals surface area contributed by atoms with Crippen molar-refractivity contribution in [3.63, 3.8) is 0 Å². The van der Waals surface area contributed by atoms with Gasteiger partial charge in [-0.1, -0.05) is 0 Å². The van der Waals surface area contributed by atoms with Crippen molar-refractivity contribution < 1.29 is 0 Å². The molecule has 0 radical (unpaired) electrons. The highest BCUT2D eigenvalue weighted by Gasteiger charge is 2.23. The number of hydrogen-bond donors (Lipinski definition) is 1. The molecule has 3 nitrogen and oxygen atoms in total. The molecule has 1 fully saturated rings. The maximum Gasteiger partial charge on any atom is 0.0702 e. The van der Waals surface area contributed by atoms with Crippen LogP contribution in [0.3, 0.4) is 0 Å². The zero-order valence-corrected chi connectivity index (χ0v) is 11.9. The molecule has 2 N–H and O–H groups in total. The fraction of sp³-hybridized carbons (Fsp3) is 0.636. The minimum absolute atomic E-state index is 0.394.